The Morgan fingerprint density at radius 3 is 2.38 bits per heavy atom. The lowest BCUT2D eigenvalue weighted by Gasteiger charge is -2.12. The van der Waals surface area contributed by atoms with Crippen molar-refractivity contribution in [2.24, 2.45) is 0 Å². The minimum absolute atomic E-state index is 0.00681. The van der Waals surface area contributed by atoms with Gasteiger partial charge in [0.2, 0.25) is 0 Å². The normalized spacial score (nSPS) is 10.3. The summed E-state index contributed by atoms with van der Waals surface area (Å²) in [4.78, 5) is 33.2. The van der Waals surface area contributed by atoms with Gasteiger partial charge in [-0.1, -0.05) is 6.92 Å². The number of benzene rings is 1. The van der Waals surface area contributed by atoms with Crippen LogP contribution < -0.4 is 5.56 Å². The van der Waals surface area contributed by atoms with Crippen LogP contribution in [0.3, 0.4) is 0 Å². The van der Waals surface area contributed by atoms with Gasteiger partial charge in [0.05, 0.1) is 16.2 Å². The molecule has 1 heterocycles. The predicted octanol–water partition coefficient (Wildman–Crippen LogP) is 2.65. The molecule has 0 saturated carbocycles. The third kappa shape index (κ3) is 2.89. The van der Waals surface area contributed by atoms with Crippen LogP contribution in [0.15, 0.2) is 41.2 Å². The van der Waals surface area contributed by atoms with Crippen molar-refractivity contribution in [2.45, 2.75) is 19.9 Å². The summed E-state index contributed by atoms with van der Waals surface area (Å²) in [6.45, 7) is 2.41. The van der Waals surface area contributed by atoms with Crippen LogP contribution in [-0.2, 0) is 6.54 Å². The Labute approximate surface area is 120 Å². The maximum Gasteiger partial charge on any atom is 0.269 e. The third-order valence-electron chi connectivity index (χ3n) is 3.15. The zero-order valence-electron chi connectivity index (χ0n) is 11.5. The monoisotopic (exact) mass is 286 g/mol. The average molecular weight is 286 g/mol. The number of nitro benzene ring substituents is 1. The van der Waals surface area contributed by atoms with Crippen molar-refractivity contribution in [3.8, 4) is 11.3 Å². The molecule has 6 heteroatoms. The van der Waals surface area contributed by atoms with Gasteiger partial charge >= 0.3 is 0 Å². The van der Waals surface area contributed by atoms with Gasteiger partial charge in [-0.3, -0.25) is 19.7 Å². The highest BCUT2D eigenvalue weighted by Gasteiger charge is 2.11. The van der Waals surface area contributed by atoms with E-state index in [0.717, 1.165) is 6.42 Å². The molecule has 1 aromatic carbocycles. The molecule has 2 aromatic rings. The summed E-state index contributed by atoms with van der Waals surface area (Å²) in [5.74, 6) is 0. The van der Waals surface area contributed by atoms with Crippen LogP contribution in [0.2, 0.25) is 0 Å². The molecule has 21 heavy (non-hydrogen) atoms. The lowest BCUT2D eigenvalue weighted by atomic mass is 10.1. The van der Waals surface area contributed by atoms with Gasteiger partial charge in [0.15, 0.2) is 6.29 Å². The molecule has 0 radical (unpaired) electrons. The molecular formula is C15H14N2O4. The second kappa shape index (κ2) is 6.13. The minimum Gasteiger partial charge on any atom is -0.308 e. The number of carbonyl (C=O) groups excluding carboxylic acids is 1. The van der Waals surface area contributed by atoms with E-state index in [1.165, 1.54) is 22.8 Å². The van der Waals surface area contributed by atoms with Crippen LogP contribution in [0.1, 0.15) is 23.7 Å². The number of hydrogen-bond donors (Lipinski definition) is 0. The van der Waals surface area contributed by atoms with Crippen molar-refractivity contribution in [1.82, 2.24) is 4.57 Å². The highest BCUT2D eigenvalue weighted by molar-refractivity contribution is 5.75. The Bertz CT molecular complexity index is 732. The first-order valence-corrected chi connectivity index (χ1v) is 6.52. The van der Waals surface area contributed by atoms with E-state index in [-0.39, 0.29) is 16.8 Å². The van der Waals surface area contributed by atoms with Crippen LogP contribution in [0.4, 0.5) is 5.69 Å². The van der Waals surface area contributed by atoms with E-state index < -0.39 is 4.92 Å². The van der Waals surface area contributed by atoms with Crippen LogP contribution in [0.5, 0.6) is 0 Å². The summed E-state index contributed by atoms with van der Waals surface area (Å²) in [7, 11) is 0. The number of nitrogens with zero attached hydrogens (tertiary/aromatic N) is 2. The number of carbonyl (C=O) groups is 1. The molecule has 0 spiro atoms. The summed E-state index contributed by atoms with van der Waals surface area (Å²) < 4.78 is 1.52. The number of pyridine rings is 1. The summed E-state index contributed by atoms with van der Waals surface area (Å²) in [6.07, 6.45) is 1.27. The van der Waals surface area contributed by atoms with Crippen LogP contribution in [-0.4, -0.2) is 15.8 Å². The molecule has 0 fully saturated rings. The second-order valence-electron chi connectivity index (χ2n) is 4.55. The number of non-ortho nitro benzene ring substituents is 1. The molecule has 0 atom stereocenters. The van der Waals surface area contributed by atoms with Crippen molar-refractivity contribution < 1.29 is 9.72 Å². The van der Waals surface area contributed by atoms with E-state index in [1.807, 2.05) is 6.92 Å². The molecule has 0 aliphatic carbocycles. The Balaban J connectivity index is 2.57. The highest BCUT2D eigenvalue weighted by Crippen LogP contribution is 2.22. The van der Waals surface area contributed by atoms with E-state index in [2.05, 4.69) is 0 Å². The fourth-order valence-electron chi connectivity index (χ4n) is 2.14. The standard InChI is InChI=1S/C15H14N2O4/c1-2-9-16-14(8-5-12(10-18)15(16)19)11-3-6-13(7-4-11)17(20)21/h3-8,10H,2,9H2,1H3. The summed E-state index contributed by atoms with van der Waals surface area (Å²) >= 11 is 0. The predicted molar refractivity (Wildman–Crippen MR) is 78.5 cm³/mol. The Morgan fingerprint density at radius 2 is 1.86 bits per heavy atom. The third-order valence-corrected chi connectivity index (χ3v) is 3.15. The van der Waals surface area contributed by atoms with E-state index in [0.29, 0.717) is 24.1 Å². The van der Waals surface area contributed by atoms with Gasteiger partial charge in [-0.15, -0.1) is 0 Å². The Hall–Kier alpha value is -2.76. The number of aromatic nitrogens is 1. The Morgan fingerprint density at radius 1 is 1.19 bits per heavy atom. The molecule has 0 unspecified atom stereocenters. The first-order chi connectivity index (χ1) is 10.1. The Kier molecular flexibility index (Phi) is 4.27. The quantitative estimate of drug-likeness (QED) is 0.480. The molecular weight excluding hydrogens is 272 g/mol. The maximum absolute atomic E-state index is 12.2. The highest BCUT2D eigenvalue weighted by atomic mass is 16.6. The molecule has 0 amide bonds. The lowest BCUT2D eigenvalue weighted by Crippen LogP contribution is -2.24. The number of nitro groups is 1. The summed E-state index contributed by atoms with van der Waals surface area (Å²) in [5.41, 5.74) is 1.09. The van der Waals surface area contributed by atoms with Crippen molar-refractivity contribution in [3.05, 3.63) is 62.4 Å². The van der Waals surface area contributed by atoms with Crippen molar-refractivity contribution >= 4 is 12.0 Å². The topological polar surface area (TPSA) is 82.2 Å². The molecule has 0 saturated heterocycles. The number of rotatable bonds is 5. The molecule has 0 aliphatic rings. The van der Waals surface area contributed by atoms with Crippen molar-refractivity contribution in [1.29, 1.82) is 0 Å². The minimum atomic E-state index is -0.474. The van der Waals surface area contributed by atoms with Crippen molar-refractivity contribution in [2.75, 3.05) is 0 Å². The second-order valence-corrected chi connectivity index (χ2v) is 4.55. The zero-order chi connectivity index (χ0) is 15.4. The first-order valence-electron chi connectivity index (χ1n) is 6.52. The van der Waals surface area contributed by atoms with Crippen molar-refractivity contribution in [3.63, 3.8) is 0 Å². The molecule has 0 aliphatic heterocycles. The summed E-state index contributed by atoms with van der Waals surface area (Å²) in [6, 6.07) is 9.13. The van der Waals surface area contributed by atoms with Crippen LogP contribution in [0, 0.1) is 10.1 Å². The average Bonchev–Trinajstić information content (AvgIpc) is 2.49. The van der Waals surface area contributed by atoms with Gasteiger partial charge < -0.3 is 4.57 Å². The molecule has 2 rings (SSSR count). The lowest BCUT2D eigenvalue weighted by molar-refractivity contribution is -0.384. The molecule has 6 nitrogen and oxygen atoms in total. The van der Waals surface area contributed by atoms with E-state index in [9.17, 15) is 19.7 Å². The molecule has 1 aromatic heterocycles. The van der Waals surface area contributed by atoms with Gasteiger partial charge in [-0.2, -0.15) is 0 Å². The van der Waals surface area contributed by atoms with E-state index in [1.54, 1.807) is 18.2 Å². The van der Waals surface area contributed by atoms with Gasteiger partial charge in [-0.05, 0) is 36.2 Å². The zero-order valence-corrected chi connectivity index (χ0v) is 11.5. The number of aldehydes is 1. The van der Waals surface area contributed by atoms with Gasteiger partial charge in [0.1, 0.15) is 0 Å². The van der Waals surface area contributed by atoms with E-state index >= 15 is 0 Å². The van der Waals surface area contributed by atoms with Crippen LogP contribution in [0.25, 0.3) is 11.3 Å². The fourth-order valence-corrected chi connectivity index (χ4v) is 2.14. The number of hydrogen-bond acceptors (Lipinski definition) is 4. The van der Waals surface area contributed by atoms with E-state index in [4.69, 9.17) is 0 Å². The van der Waals surface area contributed by atoms with Gasteiger partial charge in [-0.25, -0.2) is 0 Å². The first kappa shape index (κ1) is 14.6. The largest absolute Gasteiger partial charge is 0.308 e. The van der Waals surface area contributed by atoms with Gasteiger partial charge in [0.25, 0.3) is 11.2 Å². The van der Waals surface area contributed by atoms with Gasteiger partial charge in [0, 0.05) is 18.7 Å². The molecule has 0 N–H and O–H groups in total. The molecule has 0 bridgehead atoms. The van der Waals surface area contributed by atoms with Crippen LogP contribution >= 0.6 is 0 Å². The summed E-state index contributed by atoms with van der Waals surface area (Å²) in [5, 5.41) is 10.7. The molecule has 108 valence electrons. The maximum atomic E-state index is 12.2. The smallest absolute Gasteiger partial charge is 0.269 e. The fraction of sp³-hybridized carbons (Fsp3) is 0.200. The SMILES string of the molecule is CCCn1c(-c2ccc([N+](=O)[O-])cc2)ccc(C=O)c1=O.